The van der Waals surface area contributed by atoms with Gasteiger partial charge < -0.3 is 0 Å². The maximum absolute atomic E-state index is 10.5. The van der Waals surface area contributed by atoms with Crippen molar-refractivity contribution in [3.8, 4) is 0 Å². The molecule has 1 aliphatic rings. The lowest BCUT2D eigenvalue weighted by molar-refractivity contribution is -0.123. The predicted molar refractivity (Wildman–Crippen MR) is 31.1 cm³/mol. The Morgan fingerprint density at radius 1 is 1.62 bits per heavy atom. The van der Waals surface area contributed by atoms with Gasteiger partial charge in [-0.05, 0) is 6.42 Å². The van der Waals surface area contributed by atoms with Gasteiger partial charge in [0.15, 0.2) is 0 Å². The second kappa shape index (κ2) is 1.78. The molecule has 1 fully saturated rings. The van der Waals surface area contributed by atoms with Gasteiger partial charge in [-0.1, -0.05) is 6.58 Å². The van der Waals surface area contributed by atoms with Gasteiger partial charge in [0.05, 0.1) is 0 Å². The van der Waals surface area contributed by atoms with Crippen LogP contribution in [0.25, 0.3) is 0 Å². The highest BCUT2D eigenvalue weighted by molar-refractivity contribution is 6.23. The highest BCUT2D eigenvalue weighted by Gasteiger charge is 2.21. The smallest absolute Gasteiger partial charge is 0.241 e. The quantitative estimate of drug-likeness (QED) is 0.454. The van der Waals surface area contributed by atoms with Crippen LogP contribution in [0.4, 0.5) is 0 Å². The number of nitrogens with zero attached hydrogens (tertiary/aromatic N) is 1. The summed E-state index contributed by atoms with van der Waals surface area (Å²) in [6.45, 7) is 3.56. The van der Waals surface area contributed by atoms with Gasteiger partial charge in [-0.2, -0.15) is 0 Å². The molecule has 1 amide bonds. The minimum atomic E-state index is -0.0448. The van der Waals surface area contributed by atoms with Gasteiger partial charge in [0.2, 0.25) is 5.91 Å². The minimum absolute atomic E-state index is 0.0448. The van der Waals surface area contributed by atoms with Crippen LogP contribution in [0.15, 0.2) is 12.3 Å². The van der Waals surface area contributed by atoms with E-state index in [-0.39, 0.29) is 5.91 Å². The van der Waals surface area contributed by atoms with Gasteiger partial charge in [0.25, 0.3) is 0 Å². The zero-order chi connectivity index (χ0) is 6.15. The van der Waals surface area contributed by atoms with E-state index < -0.39 is 0 Å². The number of rotatable bonds is 0. The lowest BCUT2D eigenvalue weighted by atomic mass is 10.3. The fourth-order valence-electron chi connectivity index (χ4n) is 0.624. The van der Waals surface area contributed by atoms with E-state index in [9.17, 15) is 4.79 Å². The number of allylic oxidation sites excluding steroid dienone is 1. The summed E-state index contributed by atoms with van der Waals surface area (Å²) in [6, 6.07) is 0. The van der Waals surface area contributed by atoms with Crippen LogP contribution in [0.1, 0.15) is 12.8 Å². The van der Waals surface area contributed by atoms with Crippen LogP contribution in [-0.2, 0) is 4.79 Å². The van der Waals surface area contributed by atoms with Crippen molar-refractivity contribution in [2.75, 3.05) is 0 Å². The second-order valence-corrected chi connectivity index (χ2v) is 2.08. The number of amides is 1. The highest BCUT2D eigenvalue weighted by atomic mass is 35.5. The summed E-state index contributed by atoms with van der Waals surface area (Å²) in [5, 5.41) is 0. The Bertz CT molecular complexity index is 127. The van der Waals surface area contributed by atoms with Crippen molar-refractivity contribution >= 4 is 17.7 Å². The van der Waals surface area contributed by atoms with Crippen LogP contribution < -0.4 is 0 Å². The first-order chi connectivity index (χ1) is 3.72. The Kier molecular flexibility index (Phi) is 1.26. The fourth-order valence-corrected chi connectivity index (χ4v) is 0.793. The van der Waals surface area contributed by atoms with Crippen molar-refractivity contribution in [3.63, 3.8) is 0 Å². The molecule has 0 N–H and O–H groups in total. The molecule has 8 heavy (non-hydrogen) atoms. The molecule has 1 rings (SSSR count). The predicted octanol–water partition coefficient (Wildman–Crippen LogP) is 1.28. The molecule has 0 radical (unpaired) electrons. The number of hydrogen-bond acceptors (Lipinski definition) is 1. The molecule has 0 aliphatic carbocycles. The molecule has 0 unspecified atom stereocenters. The van der Waals surface area contributed by atoms with E-state index >= 15 is 0 Å². The van der Waals surface area contributed by atoms with Crippen molar-refractivity contribution in [2.24, 2.45) is 0 Å². The Morgan fingerprint density at radius 3 is 2.38 bits per heavy atom. The normalized spacial score (nSPS) is 20.4. The van der Waals surface area contributed by atoms with E-state index in [1.807, 2.05) is 0 Å². The molecule has 44 valence electrons. The SMILES string of the molecule is C=C1CCC(=O)N1Cl. The number of halogens is 1. The maximum atomic E-state index is 10.5. The monoisotopic (exact) mass is 131 g/mol. The van der Waals surface area contributed by atoms with Crippen LogP contribution in [0.2, 0.25) is 0 Å². The van der Waals surface area contributed by atoms with E-state index in [4.69, 9.17) is 11.8 Å². The molecule has 0 atom stereocenters. The lowest BCUT2D eigenvalue weighted by Gasteiger charge is -2.02. The van der Waals surface area contributed by atoms with Crippen LogP contribution in [0.3, 0.4) is 0 Å². The molecule has 2 nitrogen and oxygen atoms in total. The Morgan fingerprint density at radius 2 is 2.25 bits per heavy atom. The third-order valence-electron chi connectivity index (χ3n) is 1.12. The first kappa shape index (κ1) is 5.63. The van der Waals surface area contributed by atoms with E-state index in [1.54, 1.807) is 0 Å². The van der Waals surface area contributed by atoms with Crippen molar-refractivity contribution in [3.05, 3.63) is 12.3 Å². The largest absolute Gasteiger partial charge is 0.273 e. The number of carbonyl (C=O) groups is 1. The van der Waals surface area contributed by atoms with Crippen LogP contribution in [0, 0.1) is 0 Å². The molecular weight excluding hydrogens is 126 g/mol. The van der Waals surface area contributed by atoms with Gasteiger partial charge in [-0.3, -0.25) is 4.79 Å². The summed E-state index contributed by atoms with van der Waals surface area (Å²) in [4.78, 5) is 10.5. The fraction of sp³-hybridized carbons (Fsp3) is 0.400. The van der Waals surface area contributed by atoms with Crippen molar-refractivity contribution in [1.29, 1.82) is 0 Å². The van der Waals surface area contributed by atoms with Gasteiger partial charge in [-0.15, -0.1) is 0 Å². The lowest BCUT2D eigenvalue weighted by Crippen LogP contribution is -2.09. The van der Waals surface area contributed by atoms with Gasteiger partial charge in [-0.25, -0.2) is 4.42 Å². The maximum Gasteiger partial charge on any atom is 0.241 e. The van der Waals surface area contributed by atoms with Gasteiger partial charge in [0.1, 0.15) is 0 Å². The van der Waals surface area contributed by atoms with Crippen LogP contribution >= 0.6 is 11.8 Å². The summed E-state index contributed by atoms with van der Waals surface area (Å²) in [6.07, 6.45) is 1.23. The molecule has 0 spiro atoms. The average Bonchev–Trinajstić information content (AvgIpc) is 1.98. The summed E-state index contributed by atoms with van der Waals surface area (Å²) in [5.74, 6) is -0.0448. The van der Waals surface area contributed by atoms with Crippen LogP contribution in [0.5, 0.6) is 0 Å². The first-order valence-electron chi connectivity index (χ1n) is 2.38. The number of carbonyl (C=O) groups excluding carboxylic acids is 1. The minimum Gasteiger partial charge on any atom is -0.273 e. The zero-order valence-corrected chi connectivity index (χ0v) is 5.11. The average molecular weight is 132 g/mol. The summed E-state index contributed by atoms with van der Waals surface area (Å²) in [5.41, 5.74) is 0.705. The third-order valence-corrected chi connectivity index (χ3v) is 1.55. The van der Waals surface area contributed by atoms with Crippen molar-refractivity contribution in [1.82, 2.24) is 4.42 Å². The van der Waals surface area contributed by atoms with E-state index in [0.717, 1.165) is 4.42 Å². The molecule has 0 aromatic rings. The van der Waals surface area contributed by atoms with Crippen molar-refractivity contribution < 1.29 is 4.79 Å². The molecule has 1 heterocycles. The Hall–Kier alpha value is -0.500. The molecule has 1 aliphatic heterocycles. The van der Waals surface area contributed by atoms with Gasteiger partial charge >= 0.3 is 0 Å². The zero-order valence-electron chi connectivity index (χ0n) is 4.35. The summed E-state index contributed by atoms with van der Waals surface area (Å²) < 4.78 is 1.08. The molecule has 0 bridgehead atoms. The molecule has 3 heteroatoms. The highest BCUT2D eigenvalue weighted by Crippen LogP contribution is 2.21. The molecule has 0 aromatic heterocycles. The van der Waals surface area contributed by atoms with Crippen LogP contribution in [-0.4, -0.2) is 10.3 Å². The Balaban J connectivity index is 2.70. The Labute approximate surface area is 52.8 Å². The topological polar surface area (TPSA) is 20.3 Å². The molecule has 1 saturated heterocycles. The first-order valence-corrected chi connectivity index (χ1v) is 2.72. The molecular formula is C5H6ClNO. The second-order valence-electron chi connectivity index (χ2n) is 1.74. The summed E-state index contributed by atoms with van der Waals surface area (Å²) >= 11 is 5.40. The molecule has 0 aromatic carbocycles. The summed E-state index contributed by atoms with van der Waals surface area (Å²) in [7, 11) is 0. The van der Waals surface area contributed by atoms with E-state index in [1.165, 1.54) is 0 Å². The van der Waals surface area contributed by atoms with Gasteiger partial charge in [0, 0.05) is 23.9 Å². The van der Waals surface area contributed by atoms with Crippen molar-refractivity contribution in [2.45, 2.75) is 12.8 Å². The van der Waals surface area contributed by atoms with E-state index in [2.05, 4.69) is 6.58 Å². The standard InChI is InChI=1S/C5H6ClNO/c1-4-2-3-5(8)7(4)6/h1-3H2. The van der Waals surface area contributed by atoms with E-state index in [0.29, 0.717) is 18.5 Å². The third kappa shape index (κ3) is 0.713. The number of hydrogen-bond donors (Lipinski definition) is 0. The molecule has 0 saturated carbocycles.